The third-order valence-corrected chi connectivity index (χ3v) is 5.46. The molecule has 0 bridgehead atoms. The zero-order valence-electron chi connectivity index (χ0n) is 11.9. The number of piperidine rings is 1. The molecular formula is C15H20N2O2S. The summed E-state index contributed by atoms with van der Waals surface area (Å²) in [4.78, 5) is 3.48. The van der Waals surface area contributed by atoms with Crippen molar-refractivity contribution in [2.75, 3.05) is 19.3 Å². The van der Waals surface area contributed by atoms with E-state index >= 15 is 0 Å². The maximum absolute atomic E-state index is 11.5. The van der Waals surface area contributed by atoms with E-state index in [1.165, 1.54) is 22.9 Å². The SMILES string of the molecule is Cc1ccc2[nH]c(C3CCN(S(C)(=O)=O)CC3)cc2c1. The summed E-state index contributed by atoms with van der Waals surface area (Å²) in [7, 11) is -3.04. The van der Waals surface area contributed by atoms with Gasteiger partial charge >= 0.3 is 0 Å². The highest BCUT2D eigenvalue weighted by atomic mass is 32.2. The Kier molecular flexibility index (Phi) is 3.34. The Morgan fingerprint density at radius 3 is 2.55 bits per heavy atom. The number of nitrogens with zero attached hydrogens (tertiary/aromatic N) is 1. The molecule has 0 amide bonds. The second-order valence-electron chi connectivity index (χ2n) is 5.75. The van der Waals surface area contributed by atoms with Gasteiger partial charge in [-0.05, 0) is 43.4 Å². The summed E-state index contributed by atoms with van der Waals surface area (Å²) in [5, 5.41) is 1.24. The van der Waals surface area contributed by atoms with Crippen LogP contribution in [0, 0.1) is 6.92 Å². The Balaban J connectivity index is 1.80. The van der Waals surface area contributed by atoms with E-state index in [2.05, 4.69) is 36.2 Å². The van der Waals surface area contributed by atoms with Crippen molar-refractivity contribution in [2.45, 2.75) is 25.7 Å². The molecule has 2 heterocycles. The highest BCUT2D eigenvalue weighted by molar-refractivity contribution is 7.88. The number of hydrogen-bond donors (Lipinski definition) is 1. The Morgan fingerprint density at radius 2 is 1.90 bits per heavy atom. The number of H-pyrrole nitrogens is 1. The van der Waals surface area contributed by atoms with E-state index in [9.17, 15) is 8.42 Å². The zero-order valence-corrected chi connectivity index (χ0v) is 12.7. The lowest BCUT2D eigenvalue weighted by atomic mass is 9.95. The van der Waals surface area contributed by atoms with Crippen LogP contribution in [0.4, 0.5) is 0 Å². The number of aromatic amines is 1. The summed E-state index contributed by atoms with van der Waals surface area (Å²) < 4.78 is 24.6. The van der Waals surface area contributed by atoms with Gasteiger partial charge in [-0.15, -0.1) is 0 Å². The number of fused-ring (bicyclic) bond motifs is 1. The minimum atomic E-state index is -3.04. The van der Waals surface area contributed by atoms with E-state index in [1.807, 2.05) is 0 Å². The van der Waals surface area contributed by atoms with Gasteiger partial charge in [-0.3, -0.25) is 0 Å². The largest absolute Gasteiger partial charge is 0.358 e. The molecule has 108 valence electrons. The van der Waals surface area contributed by atoms with Crippen LogP contribution in [-0.4, -0.2) is 37.1 Å². The first kappa shape index (κ1) is 13.6. The van der Waals surface area contributed by atoms with Gasteiger partial charge in [0.15, 0.2) is 0 Å². The molecule has 0 aliphatic carbocycles. The van der Waals surface area contributed by atoms with E-state index in [-0.39, 0.29) is 0 Å². The summed E-state index contributed by atoms with van der Waals surface area (Å²) in [6, 6.07) is 8.61. The first-order valence-electron chi connectivity index (χ1n) is 6.98. The molecule has 0 radical (unpaired) electrons. The fraction of sp³-hybridized carbons (Fsp3) is 0.467. The minimum absolute atomic E-state index is 0.431. The molecule has 1 aliphatic rings. The number of rotatable bonds is 2. The van der Waals surface area contributed by atoms with Gasteiger partial charge < -0.3 is 4.98 Å². The molecular weight excluding hydrogens is 272 g/mol. The van der Waals surface area contributed by atoms with Crippen molar-refractivity contribution < 1.29 is 8.42 Å². The molecule has 20 heavy (non-hydrogen) atoms. The van der Waals surface area contributed by atoms with Gasteiger partial charge in [-0.2, -0.15) is 0 Å². The van der Waals surface area contributed by atoms with Crippen LogP contribution in [0.5, 0.6) is 0 Å². The Bertz CT molecular complexity index is 725. The van der Waals surface area contributed by atoms with Crippen molar-refractivity contribution >= 4 is 20.9 Å². The molecule has 0 unspecified atom stereocenters. The van der Waals surface area contributed by atoms with Crippen LogP contribution in [0.25, 0.3) is 10.9 Å². The fourth-order valence-electron chi connectivity index (χ4n) is 2.99. The molecule has 1 fully saturated rings. The van der Waals surface area contributed by atoms with E-state index in [0.717, 1.165) is 18.4 Å². The molecule has 1 aliphatic heterocycles. The maximum atomic E-state index is 11.5. The number of benzene rings is 1. The third-order valence-electron chi connectivity index (χ3n) is 4.16. The van der Waals surface area contributed by atoms with E-state index in [0.29, 0.717) is 19.0 Å². The van der Waals surface area contributed by atoms with Gasteiger partial charge in [0.2, 0.25) is 10.0 Å². The number of sulfonamides is 1. The van der Waals surface area contributed by atoms with Crippen LogP contribution in [0.2, 0.25) is 0 Å². The molecule has 4 nitrogen and oxygen atoms in total. The third kappa shape index (κ3) is 2.60. The summed E-state index contributed by atoms with van der Waals surface area (Å²) in [5.74, 6) is 0.431. The molecule has 0 saturated carbocycles. The summed E-state index contributed by atoms with van der Waals surface area (Å²) >= 11 is 0. The summed E-state index contributed by atoms with van der Waals surface area (Å²) in [6.45, 7) is 3.34. The van der Waals surface area contributed by atoms with Crippen LogP contribution in [-0.2, 0) is 10.0 Å². The first-order valence-corrected chi connectivity index (χ1v) is 8.83. The van der Waals surface area contributed by atoms with Crippen molar-refractivity contribution in [3.05, 3.63) is 35.5 Å². The molecule has 1 aromatic heterocycles. The highest BCUT2D eigenvalue weighted by Gasteiger charge is 2.26. The van der Waals surface area contributed by atoms with Crippen LogP contribution in [0.15, 0.2) is 24.3 Å². The monoisotopic (exact) mass is 292 g/mol. The van der Waals surface area contributed by atoms with Crippen molar-refractivity contribution in [2.24, 2.45) is 0 Å². The van der Waals surface area contributed by atoms with Gasteiger partial charge in [0.25, 0.3) is 0 Å². The standard InChI is InChI=1S/C15H20N2O2S/c1-11-3-4-14-13(9-11)10-15(16-14)12-5-7-17(8-6-12)20(2,18)19/h3-4,9-10,12,16H,5-8H2,1-2H3. The molecule has 1 saturated heterocycles. The summed E-state index contributed by atoms with van der Waals surface area (Å²) in [6.07, 6.45) is 3.07. The second kappa shape index (κ2) is 4.90. The predicted molar refractivity (Wildman–Crippen MR) is 81.4 cm³/mol. The van der Waals surface area contributed by atoms with Crippen molar-refractivity contribution in [1.82, 2.24) is 9.29 Å². The van der Waals surface area contributed by atoms with Crippen molar-refractivity contribution in [3.63, 3.8) is 0 Å². The average Bonchev–Trinajstić information content (AvgIpc) is 2.80. The normalized spacial score (nSPS) is 18.7. The molecule has 1 aromatic carbocycles. The topological polar surface area (TPSA) is 53.2 Å². The lowest BCUT2D eigenvalue weighted by Gasteiger charge is -2.29. The van der Waals surface area contributed by atoms with Gasteiger partial charge in [-0.25, -0.2) is 12.7 Å². The van der Waals surface area contributed by atoms with Crippen LogP contribution < -0.4 is 0 Å². The van der Waals surface area contributed by atoms with E-state index in [1.54, 1.807) is 4.31 Å². The number of aryl methyl sites for hydroxylation is 1. The molecule has 1 N–H and O–H groups in total. The van der Waals surface area contributed by atoms with Gasteiger partial charge in [0.05, 0.1) is 6.26 Å². The minimum Gasteiger partial charge on any atom is -0.358 e. The molecule has 0 atom stereocenters. The van der Waals surface area contributed by atoms with Crippen molar-refractivity contribution in [3.8, 4) is 0 Å². The molecule has 5 heteroatoms. The average molecular weight is 292 g/mol. The lowest BCUT2D eigenvalue weighted by molar-refractivity contribution is 0.319. The Labute approximate surface area is 119 Å². The van der Waals surface area contributed by atoms with Crippen molar-refractivity contribution in [1.29, 1.82) is 0 Å². The first-order chi connectivity index (χ1) is 9.43. The number of aromatic nitrogens is 1. The van der Waals surface area contributed by atoms with Crippen LogP contribution in [0.1, 0.15) is 30.0 Å². The Morgan fingerprint density at radius 1 is 1.20 bits per heavy atom. The van der Waals surface area contributed by atoms with E-state index < -0.39 is 10.0 Å². The number of nitrogens with one attached hydrogen (secondary N) is 1. The quantitative estimate of drug-likeness (QED) is 0.925. The van der Waals surface area contributed by atoms with Crippen LogP contribution in [0.3, 0.4) is 0 Å². The predicted octanol–water partition coefficient (Wildman–Crippen LogP) is 2.62. The van der Waals surface area contributed by atoms with Crippen LogP contribution >= 0.6 is 0 Å². The van der Waals surface area contributed by atoms with Gasteiger partial charge in [-0.1, -0.05) is 11.6 Å². The zero-order chi connectivity index (χ0) is 14.3. The van der Waals surface area contributed by atoms with Gasteiger partial charge in [0, 0.05) is 30.2 Å². The Hall–Kier alpha value is -1.33. The molecule has 2 aromatic rings. The fourth-order valence-corrected chi connectivity index (χ4v) is 3.87. The van der Waals surface area contributed by atoms with Gasteiger partial charge in [0.1, 0.15) is 0 Å². The second-order valence-corrected chi connectivity index (χ2v) is 7.73. The lowest BCUT2D eigenvalue weighted by Crippen LogP contribution is -2.37. The number of hydrogen-bond acceptors (Lipinski definition) is 2. The summed E-state index contributed by atoms with van der Waals surface area (Å²) in [5.41, 5.74) is 3.66. The smallest absolute Gasteiger partial charge is 0.211 e. The van der Waals surface area contributed by atoms with E-state index in [4.69, 9.17) is 0 Å². The molecule has 3 rings (SSSR count). The highest BCUT2D eigenvalue weighted by Crippen LogP contribution is 2.30. The molecule has 0 spiro atoms. The maximum Gasteiger partial charge on any atom is 0.211 e.